The van der Waals surface area contributed by atoms with Crippen LogP contribution in [0.2, 0.25) is 0 Å². The number of hydrogen-bond donors (Lipinski definition) is 0. The van der Waals surface area contributed by atoms with E-state index in [4.69, 9.17) is 9.47 Å². The number of carbonyl (C=O) groups excluding carboxylic acids is 1. The van der Waals surface area contributed by atoms with Crippen molar-refractivity contribution >= 4 is 5.97 Å². The maximum Gasteiger partial charge on any atom is 0.339 e. The van der Waals surface area contributed by atoms with Gasteiger partial charge in [0.2, 0.25) is 0 Å². The highest BCUT2D eigenvalue weighted by atomic mass is 16.5. The van der Waals surface area contributed by atoms with Crippen LogP contribution >= 0.6 is 0 Å². The third-order valence-electron chi connectivity index (χ3n) is 5.17. The lowest BCUT2D eigenvalue weighted by atomic mass is 9.73. The van der Waals surface area contributed by atoms with Gasteiger partial charge in [0.15, 0.2) is 0 Å². The molecule has 4 nitrogen and oxygen atoms in total. The van der Waals surface area contributed by atoms with Gasteiger partial charge < -0.3 is 9.47 Å². The van der Waals surface area contributed by atoms with Crippen molar-refractivity contribution in [1.29, 1.82) is 0 Å². The lowest BCUT2D eigenvalue weighted by Gasteiger charge is -2.42. The SMILES string of the molecule is CCOC(=O)c1ccc(C#Cc2cc3c(cc2CC)OC(C)(C)CC3(C)C)nc1. The van der Waals surface area contributed by atoms with Crippen molar-refractivity contribution in [3.05, 3.63) is 58.4 Å². The number of aromatic nitrogens is 1. The van der Waals surface area contributed by atoms with Gasteiger partial charge in [-0.25, -0.2) is 9.78 Å². The van der Waals surface area contributed by atoms with Crippen LogP contribution in [0.5, 0.6) is 5.75 Å². The van der Waals surface area contributed by atoms with Crippen LogP contribution in [-0.2, 0) is 16.6 Å². The van der Waals surface area contributed by atoms with E-state index < -0.39 is 0 Å². The van der Waals surface area contributed by atoms with Gasteiger partial charge in [0.05, 0.1) is 12.2 Å². The first-order chi connectivity index (χ1) is 13.6. The number of hydrogen-bond acceptors (Lipinski definition) is 4. The van der Waals surface area contributed by atoms with E-state index in [9.17, 15) is 4.79 Å². The van der Waals surface area contributed by atoms with E-state index in [1.165, 1.54) is 11.8 Å². The summed E-state index contributed by atoms with van der Waals surface area (Å²) >= 11 is 0. The van der Waals surface area contributed by atoms with Gasteiger partial charge in [-0.15, -0.1) is 0 Å². The van der Waals surface area contributed by atoms with Crippen LogP contribution < -0.4 is 4.74 Å². The molecular formula is C25H29NO3. The van der Waals surface area contributed by atoms with Crippen molar-refractivity contribution in [3.63, 3.8) is 0 Å². The smallest absolute Gasteiger partial charge is 0.339 e. The van der Waals surface area contributed by atoms with Crippen LogP contribution in [0, 0.1) is 11.8 Å². The zero-order valence-corrected chi connectivity index (χ0v) is 18.2. The largest absolute Gasteiger partial charge is 0.488 e. The summed E-state index contributed by atoms with van der Waals surface area (Å²) in [5.41, 5.74) is 4.24. The van der Waals surface area contributed by atoms with Crippen LogP contribution in [-0.4, -0.2) is 23.2 Å². The minimum Gasteiger partial charge on any atom is -0.488 e. The molecule has 0 bridgehead atoms. The van der Waals surface area contributed by atoms with Gasteiger partial charge in [0.25, 0.3) is 0 Å². The monoisotopic (exact) mass is 391 g/mol. The Morgan fingerprint density at radius 2 is 1.93 bits per heavy atom. The second-order valence-corrected chi connectivity index (χ2v) is 8.68. The highest BCUT2D eigenvalue weighted by Crippen LogP contribution is 2.45. The lowest BCUT2D eigenvalue weighted by Crippen LogP contribution is -2.41. The normalized spacial score (nSPS) is 16.1. The number of rotatable bonds is 3. The number of carbonyl (C=O) groups is 1. The summed E-state index contributed by atoms with van der Waals surface area (Å²) in [5, 5.41) is 0. The van der Waals surface area contributed by atoms with Gasteiger partial charge in [-0.05, 0) is 74.8 Å². The topological polar surface area (TPSA) is 48.4 Å². The number of nitrogens with zero attached hydrogens (tertiary/aromatic N) is 1. The van der Waals surface area contributed by atoms with E-state index in [0.29, 0.717) is 17.9 Å². The zero-order valence-electron chi connectivity index (χ0n) is 18.2. The lowest BCUT2D eigenvalue weighted by molar-refractivity contribution is 0.0521. The fourth-order valence-electron chi connectivity index (χ4n) is 4.07. The van der Waals surface area contributed by atoms with Gasteiger partial charge in [-0.3, -0.25) is 0 Å². The number of pyridine rings is 1. The van der Waals surface area contributed by atoms with E-state index >= 15 is 0 Å². The molecule has 0 amide bonds. The first kappa shape index (κ1) is 20.9. The molecule has 1 aliphatic rings. The summed E-state index contributed by atoms with van der Waals surface area (Å²) in [4.78, 5) is 16.0. The van der Waals surface area contributed by atoms with Crippen molar-refractivity contribution in [3.8, 4) is 17.6 Å². The van der Waals surface area contributed by atoms with Crippen LogP contribution in [0.25, 0.3) is 0 Å². The van der Waals surface area contributed by atoms with Crippen LogP contribution in [0.15, 0.2) is 30.5 Å². The fraction of sp³-hybridized carbons (Fsp3) is 0.440. The van der Waals surface area contributed by atoms with E-state index in [0.717, 1.165) is 29.7 Å². The fourth-order valence-corrected chi connectivity index (χ4v) is 4.07. The Kier molecular flexibility index (Phi) is 5.71. The third kappa shape index (κ3) is 4.62. The standard InChI is InChI=1S/C25H29NO3/c1-7-17-14-22-21(24(3,4)16-25(5,6)29-22)13-18(17)9-11-20-12-10-19(15-26-20)23(27)28-8-2/h10,12-15H,7-8,16H2,1-6H3. The molecule has 2 heterocycles. The third-order valence-corrected chi connectivity index (χ3v) is 5.17. The van der Waals surface area contributed by atoms with Crippen molar-refractivity contribution in [2.24, 2.45) is 0 Å². The summed E-state index contributed by atoms with van der Waals surface area (Å²) in [6.07, 6.45) is 3.33. The number of ether oxygens (including phenoxy) is 2. The predicted octanol–water partition coefficient (Wildman–Crippen LogP) is 5.06. The molecule has 0 saturated carbocycles. The summed E-state index contributed by atoms with van der Waals surface area (Å²) in [6, 6.07) is 7.75. The molecule has 0 unspecified atom stereocenters. The Balaban J connectivity index is 1.94. The molecule has 1 aromatic heterocycles. The molecule has 0 spiro atoms. The molecule has 0 saturated heterocycles. The Labute approximate surface area is 173 Å². The summed E-state index contributed by atoms with van der Waals surface area (Å²) < 4.78 is 11.3. The van der Waals surface area contributed by atoms with Gasteiger partial charge in [0.1, 0.15) is 17.0 Å². The Morgan fingerprint density at radius 3 is 2.55 bits per heavy atom. The molecule has 0 atom stereocenters. The highest BCUT2D eigenvalue weighted by Gasteiger charge is 2.39. The Morgan fingerprint density at radius 1 is 1.17 bits per heavy atom. The van der Waals surface area contributed by atoms with E-state index in [2.05, 4.69) is 63.6 Å². The highest BCUT2D eigenvalue weighted by molar-refractivity contribution is 5.89. The number of benzene rings is 1. The molecule has 1 aromatic carbocycles. The molecule has 29 heavy (non-hydrogen) atoms. The van der Waals surface area contributed by atoms with Crippen LogP contribution in [0.4, 0.5) is 0 Å². The number of fused-ring (bicyclic) bond motifs is 1. The van der Waals surface area contributed by atoms with Crippen molar-refractivity contribution < 1.29 is 14.3 Å². The first-order valence-corrected chi connectivity index (χ1v) is 10.2. The summed E-state index contributed by atoms with van der Waals surface area (Å²) in [7, 11) is 0. The molecule has 0 N–H and O–H groups in total. The van der Waals surface area contributed by atoms with Crippen molar-refractivity contribution in [2.75, 3.05) is 6.61 Å². The molecule has 3 rings (SSSR count). The Hall–Kier alpha value is -2.80. The van der Waals surface area contributed by atoms with Crippen LogP contribution in [0.1, 0.15) is 80.7 Å². The molecule has 0 fully saturated rings. The Bertz CT molecular complexity index is 976. The van der Waals surface area contributed by atoms with Gasteiger partial charge in [-0.2, -0.15) is 0 Å². The molecule has 152 valence electrons. The molecule has 0 radical (unpaired) electrons. The van der Waals surface area contributed by atoms with Crippen molar-refractivity contribution in [2.45, 2.75) is 65.4 Å². The molecule has 0 aliphatic carbocycles. The van der Waals surface area contributed by atoms with Gasteiger partial charge in [-0.1, -0.05) is 26.7 Å². The second kappa shape index (κ2) is 7.91. The predicted molar refractivity (Wildman–Crippen MR) is 114 cm³/mol. The first-order valence-electron chi connectivity index (χ1n) is 10.2. The van der Waals surface area contributed by atoms with Crippen molar-refractivity contribution in [1.82, 2.24) is 4.98 Å². The maximum atomic E-state index is 11.8. The van der Waals surface area contributed by atoms with E-state index in [1.54, 1.807) is 19.1 Å². The number of esters is 1. The van der Waals surface area contributed by atoms with E-state index in [-0.39, 0.29) is 17.0 Å². The van der Waals surface area contributed by atoms with Crippen LogP contribution in [0.3, 0.4) is 0 Å². The summed E-state index contributed by atoms with van der Waals surface area (Å²) in [5.74, 6) is 7.00. The minimum absolute atomic E-state index is 0.0132. The van der Waals surface area contributed by atoms with E-state index in [1.807, 2.05) is 0 Å². The minimum atomic E-state index is -0.368. The molecule has 1 aliphatic heterocycles. The molecular weight excluding hydrogens is 362 g/mol. The molecule has 2 aromatic rings. The quantitative estimate of drug-likeness (QED) is 0.542. The average molecular weight is 392 g/mol. The van der Waals surface area contributed by atoms with Gasteiger partial charge in [0, 0.05) is 17.3 Å². The zero-order chi connectivity index (χ0) is 21.2. The van der Waals surface area contributed by atoms with Gasteiger partial charge >= 0.3 is 5.97 Å². The maximum absolute atomic E-state index is 11.8. The summed E-state index contributed by atoms with van der Waals surface area (Å²) in [6.45, 7) is 13.0. The molecule has 4 heteroatoms. The number of aryl methyl sites for hydroxylation is 1. The average Bonchev–Trinajstić information content (AvgIpc) is 2.65. The second-order valence-electron chi connectivity index (χ2n) is 8.68.